The number of rotatable bonds is 14. The lowest BCUT2D eigenvalue weighted by atomic mass is 10.1. The van der Waals surface area contributed by atoms with Crippen LogP contribution in [0.4, 0.5) is 20.6 Å². The van der Waals surface area contributed by atoms with E-state index in [-0.39, 0.29) is 29.6 Å². The molecule has 1 heterocycles. The largest absolute Gasteiger partial charge is 0.493 e. The van der Waals surface area contributed by atoms with E-state index >= 15 is 4.39 Å². The van der Waals surface area contributed by atoms with E-state index in [1.165, 1.54) is 32.1 Å². The van der Waals surface area contributed by atoms with E-state index in [9.17, 15) is 9.59 Å². The first-order valence-corrected chi connectivity index (χ1v) is 16.3. The van der Waals surface area contributed by atoms with Crippen LogP contribution in [0.3, 0.4) is 0 Å². The van der Waals surface area contributed by atoms with E-state index in [1.54, 1.807) is 36.4 Å². The zero-order chi connectivity index (χ0) is 33.1. The number of piperidine rings is 1. The second kappa shape index (κ2) is 16.8. The SMILES string of the molecule is CCCCN1CCC(Oc2ccc(C(=O)Nc3ccc(Oc4ccc(NC(=O)NC(CC)CC)cc4OC)cc3F)cc2C)CC1. The Balaban J connectivity index is 1.33. The summed E-state index contributed by atoms with van der Waals surface area (Å²) < 4.78 is 32.7. The van der Waals surface area contributed by atoms with Crippen molar-refractivity contribution < 1.29 is 28.2 Å². The van der Waals surface area contributed by atoms with Gasteiger partial charge in [-0.05, 0) is 93.6 Å². The molecule has 0 saturated carbocycles. The number of hydrogen-bond donors (Lipinski definition) is 3. The zero-order valence-electron chi connectivity index (χ0n) is 27.6. The van der Waals surface area contributed by atoms with E-state index in [4.69, 9.17) is 14.2 Å². The molecule has 4 rings (SSSR count). The van der Waals surface area contributed by atoms with E-state index in [2.05, 4.69) is 27.8 Å². The molecule has 0 unspecified atom stereocenters. The molecule has 1 aliphatic rings. The second-order valence-electron chi connectivity index (χ2n) is 11.7. The lowest BCUT2D eigenvalue weighted by Crippen LogP contribution is -2.38. The van der Waals surface area contributed by atoms with Crippen molar-refractivity contribution in [3.63, 3.8) is 0 Å². The van der Waals surface area contributed by atoms with Crippen LogP contribution >= 0.6 is 0 Å². The Bertz CT molecular complexity index is 1470. The first kappa shape index (κ1) is 34.6. The maximum atomic E-state index is 15.1. The zero-order valence-corrected chi connectivity index (χ0v) is 27.6. The molecule has 0 aromatic heterocycles. The molecule has 0 bridgehead atoms. The van der Waals surface area contributed by atoms with Crippen LogP contribution in [0.2, 0.25) is 0 Å². The van der Waals surface area contributed by atoms with Crippen molar-refractivity contribution in [2.75, 3.05) is 37.4 Å². The van der Waals surface area contributed by atoms with Crippen LogP contribution in [-0.4, -0.2) is 55.7 Å². The van der Waals surface area contributed by atoms with Gasteiger partial charge in [0.25, 0.3) is 5.91 Å². The third-order valence-electron chi connectivity index (χ3n) is 8.25. The van der Waals surface area contributed by atoms with E-state index in [0.717, 1.165) is 56.6 Å². The lowest BCUT2D eigenvalue weighted by Gasteiger charge is -2.32. The number of carbonyl (C=O) groups excluding carboxylic acids is 2. The van der Waals surface area contributed by atoms with Crippen molar-refractivity contribution in [1.82, 2.24) is 10.2 Å². The molecule has 248 valence electrons. The molecular formula is C36H47FN4O5. The number of anilines is 2. The highest BCUT2D eigenvalue weighted by Crippen LogP contribution is 2.35. The van der Waals surface area contributed by atoms with Crippen LogP contribution in [0.1, 0.15) is 75.2 Å². The summed E-state index contributed by atoms with van der Waals surface area (Å²) in [6.45, 7) is 11.4. The maximum absolute atomic E-state index is 15.1. The number of benzene rings is 3. The normalized spacial score (nSPS) is 13.7. The van der Waals surface area contributed by atoms with E-state index < -0.39 is 11.7 Å². The van der Waals surface area contributed by atoms with Gasteiger partial charge in [0.15, 0.2) is 11.5 Å². The quantitative estimate of drug-likeness (QED) is 0.166. The van der Waals surface area contributed by atoms with E-state index in [1.807, 2.05) is 26.8 Å². The number of hydrogen-bond acceptors (Lipinski definition) is 6. The highest BCUT2D eigenvalue weighted by atomic mass is 19.1. The van der Waals surface area contributed by atoms with Crippen molar-refractivity contribution in [2.24, 2.45) is 0 Å². The number of nitrogens with one attached hydrogen (secondary N) is 3. The van der Waals surface area contributed by atoms with Crippen molar-refractivity contribution >= 4 is 23.3 Å². The summed E-state index contributed by atoms with van der Waals surface area (Å²) in [5.74, 6) is 0.602. The molecule has 9 nitrogen and oxygen atoms in total. The molecule has 0 spiro atoms. The Labute approximate surface area is 271 Å². The molecule has 1 saturated heterocycles. The standard InChI is InChI=1S/C36H47FN4O5/c1-6-9-18-41-19-16-28(17-20-41)45-32-14-10-25(21-24(32)4)35(42)40-31-13-12-29(23-30(31)37)46-33-15-11-27(22-34(33)44-5)39-36(43)38-26(7-2)8-3/h10-15,21-23,26,28H,6-9,16-20H2,1-5H3,(H,40,42)(H2,38,39,43). The third-order valence-corrected chi connectivity index (χ3v) is 8.25. The minimum absolute atomic E-state index is 0.0279. The van der Waals surface area contributed by atoms with Crippen molar-refractivity contribution in [3.05, 3.63) is 71.5 Å². The predicted octanol–water partition coefficient (Wildman–Crippen LogP) is 8.14. The summed E-state index contributed by atoms with van der Waals surface area (Å²) in [5.41, 5.74) is 1.81. The van der Waals surface area contributed by atoms with Gasteiger partial charge in [0.1, 0.15) is 23.4 Å². The number of amides is 3. The molecule has 46 heavy (non-hydrogen) atoms. The first-order chi connectivity index (χ1) is 22.2. The monoisotopic (exact) mass is 634 g/mol. The van der Waals surface area contributed by atoms with Gasteiger partial charge in [-0.25, -0.2) is 9.18 Å². The summed E-state index contributed by atoms with van der Waals surface area (Å²) in [5, 5.41) is 8.36. The Morgan fingerprint density at radius 1 is 0.935 bits per heavy atom. The van der Waals surface area contributed by atoms with Crippen LogP contribution in [0.15, 0.2) is 54.6 Å². The average Bonchev–Trinajstić information content (AvgIpc) is 3.06. The summed E-state index contributed by atoms with van der Waals surface area (Å²) in [7, 11) is 1.48. The highest BCUT2D eigenvalue weighted by Gasteiger charge is 2.21. The molecule has 1 fully saturated rings. The fraction of sp³-hybridized carbons (Fsp3) is 0.444. The van der Waals surface area contributed by atoms with Gasteiger partial charge >= 0.3 is 6.03 Å². The van der Waals surface area contributed by atoms with Crippen molar-refractivity contribution in [1.29, 1.82) is 0 Å². The average molecular weight is 635 g/mol. The molecule has 0 aliphatic carbocycles. The molecule has 1 aliphatic heterocycles. The van der Waals surface area contributed by atoms with Gasteiger partial charge in [-0.3, -0.25) is 4.79 Å². The Morgan fingerprint density at radius 3 is 2.33 bits per heavy atom. The topological polar surface area (TPSA) is 101 Å². The number of likely N-dealkylation sites (tertiary alicyclic amines) is 1. The molecule has 3 N–H and O–H groups in total. The fourth-order valence-corrected chi connectivity index (χ4v) is 5.39. The Kier molecular flexibility index (Phi) is 12.7. The van der Waals surface area contributed by atoms with Gasteiger partial charge in [-0.15, -0.1) is 0 Å². The van der Waals surface area contributed by atoms with Gasteiger partial charge in [-0.2, -0.15) is 0 Å². The number of urea groups is 1. The van der Waals surface area contributed by atoms with Crippen LogP contribution in [0.5, 0.6) is 23.0 Å². The van der Waals surface area contributed by atoms with Gasteiger partial charge in [-0.1, -0.05) is 27.2 Å². The lowest BCUT2D eigenvalue weighted by molar-refractivity contribution is 0.0991. The first-order valence-electron chi connectivity index (χ1n) is 16.3. The molecule has 0 radical (unpaired) electrons. The van der Waals surface area contributed by atoms with Crippen LogP contribution in [-0.2, 0) is 0 Å². The second-order valence-corrected chi connectivity index (χ2v) is 11.7. The van der Waals surface area contributed by atoms with Crippen LogP contribution in [0.25, 0.3) is 0 Å². The summed E-state index contributed by atoms with van der Waals surface area (Å²) in [6, 6.07) is 14.2. The van der Waals surface area contributed by atoms with Crippen LogP contribution in [0, 0.1) is 12.7 Å². The number of aryl methyl sites for hydroxylation is 1. The number of methoxy groups -OCH3 is 1. The van der Waals surface area contributed by atoms with Crippen molar-refractivity contribution in [2.45, 2.75) is 78.4 Å². The Hall–Kier alpha value is -4.31. The smallest absolute Gasteiger partial charge is 0.319 e. The molecule has 0 atom stereocenters. The Morgan fingerprint density at radius 2 is 1.67 bits per heavy atom. The minimum Gasteiger partial charge on any atom is -0.493 e. The molecule has 3 aromatic carbocycles. The minimum atomic E-state index is -0.650. The predicted molar refractivity (Wildman–Crippen MR) is 180 cm³/mol. The molecule has 3 amide bonds. The summed E-state index contributed by atoms with van der Waals surface area (Å²) in [6.07, 6.45) is 6.22. The summed E-state index contributed by atoms with van der Waals surface area (Å²) in [4.78, 5) is 27.8. The molecule has 10 heteroatoms. The molecular weight excluding hydrogens is 587 g/mol. The van der Waals surface area contributed by atoms with E-state index in [0.29, 0.717) is 22.7 Å². The van der Waals surface area contributed by atoms with Gasteiger partial charge in [0, 0.05) is 42.5 Å². The fourth-order valence-electron chi connectivity index (χ4n) is 5.39. The highest BCUT2D eigenvalue weighted by molar-refractivity contribution is 6.04. The van der Waals surface area contributed by atoms with Crippen LogP contribution < -0.4 is 30.2 Å². The third kappa shape index (κ3) is 9.59. The number of ether oxygens (including phenoxy) is 3. The van der Waals surface area contributed by atoms with Gasteiger partial charge < -0.3 is 35.1 Å². The van der Waals surface area contributed by atoms with Crippen molar-refractivity contribution in [3.8, 4) is 23.0 Å². The number of halogens is 1. The number of unbranched alkanes of at least 4 members (excludes halogenated alkanes) is 1. The van der Waals surface area contributed by atoms with Gasteiger partial charge in [0.2, 0.25) is 0 Å². The maximum Gasteiger partial charge on any atom is 0.319 e. The molecule has 3 aromatic rings. The number of carbonyl (C=O) groups is 2. The number of nitrogens with zero attached hydrogens (tertiary/aromatic N) is 1. The van der Waals surface area contributed by atoms with Gasteiger partial charge in [0.05, 0.1) is 12.8 Å². The summed E-state index contributed by atoms with van der Waals surface area (Å²) >= 11 is 0.